The average Bonchev–Trinajstić information content (AvgIpc) is 0.797. The first-order valence-corrected chi connectivity index (χ1v) is 47.0. The van der Waals surface area contributed by atoms with Crippen LogP contribution < -0.4 is 0 Å². The Morgan fingerprint density at radius 3 is 0.772 bits per heavy atom. The van der Waals surface area contributed by atoms with E-state index in [1.165, 1.54) is 136 Å². The van der Waals surface area contributed by atoms with Crippen LogP contribution in [0, 0.1) is 60.1 Å². The molecule has 682 valence electrons. The quantitative estimate of drug-likeness (QED) is 0.105. The monoisotopic (exact) mass is 1700 g/mol. The Morgan fingerprint density at radius 1 is 0.213 bits per heavy atom. The van der Waals surface area contributed by atoms with Crippen LogP contribution in [0.4, 0.5) is 0 Å². The first-order chi connectivity index (χ1) is 58.2. The van der Waals surface area contributed by atoms with Crippen molar-refractivity contribution in [3.8, 4) is 11.1 Å². The van der Waals surface area contributed by atoms with E-state index in [1.54, 1.807) is 0 Å². The van der Waals surface area contributed by atoms with E-state index >= 15 is 0 Å². The van der Waals surface area contributed by atoms with E-state index in [0.29, 0.717) is 60.1 Å². The van der Waals surface area contributed by atoms with Crippen LogP contribution in [0.2, 0.25) is 0 Å². The Hall–Kier alpha value is -9.62. The Balaban J connectivity index is 0.000000296. The predicted octanol–water partition coefficient (Wildman–Crippen LogP) is 41.3. The number of fused-ring (bicyclic) bond motifs is 10. The van der Waals surface area contributed by atoms with Crippen molar-refractivity contribution in [1.29, 1.82) is 0 Å². The maximum absolute atomic E-state index is 2.29. The van der Waals surface area contributed by atoms with Crippen LogP contribution in [0.1, 0.15) is 294 Å². The highest BCUT2D eigenvalue weighted by molar-refractivity contribution is 6.32. The molecule has 0 radical (unpaired) electrons. The zero-order valence-corrected chi connectivity index (χ0v) is 87.8. The van der Waals surface area contributed by atoms with Crippen LogP contribution in [-0.4, -0.2) is 0 Å². The molecular formula is C127H174. The highest BCUT2D eigenvalue weighted by Gasteiger charge is 2.32. The second kappa shape index (κ2) is 48.1. The van der Waals surface area contributed by atoms with Gasteiger partial charge in [-0.2, -0.15) is 0 Å². The maximum Gasteiger partial charge on any atom is 0.0348 e. The molecule has 0 heteroatoms. The highest BCUT2D eigenvalue weighted by atomic mass is 14.4. The number of hydrogen-bond donors (Lipinski definition) is 0. The first-order valence-electron chi connectivity index (χ1n) is 47.0. The van der Waals surface area contributed by atoms with Crippen LogP contribution in [0.5, 0.6) is 0 Å². The lowest BCUT2D eigenvalue weighted by atomic mass is 9.69. The molecular weight excluding hydrogens is 1530 g/mol. The van der Waals surface area contributed by atoms with Gasteiger partial charge in [-0.1, -0.05) is 562 Å². The van der Waals surface area contributed by atoms with Crippen molar-refractivity contribution in [3.63, 3.8) is 0 Å². The standard InChI is InChI=1S/C20H12.C16H12.2C14H10.C13H10.10C5H12/c1-5-13-6-2-11-17-18-12-4-8-14-7-3-10-16(20(14)18)15(9-1)19(13)17;1-3-11-7-9-13-5-2-6-14-10-8-12(4-1)15(11)16(13)14;1-3-7-13-11(5-1)9-10-12-6-2-4-8-14(12)13;1-2-6-12-10-14-8-4-3-7-13(14)9-11(12)5-1;1-3-7-12-10(5-1)9-11-6-2-4-8-13(11)12;10*1-5(2,3)4/h1-12H;1-5,7-10,15H,6H2;2*1-10H;1-8H,9H2;10*1-4H3. The van der Waals surface area contributed by atoms with Crippen molar-refractivity contribution in [2.75, 3.05) is 0 Å². The van der Waals surface area contributed by atoms with Crippen LogP contribution in [-0.2, 0) is 6.42 Å². The smallest absolute Gasteiger partial charge is 0.0348 e. The fraction of sp³-hybridized carbons (Fsp3) is 0.417. The lowest BCUT2D eigenvalue weighted by molar-refractivity contribution is 0.469. The third-order valence-electron chi connectivity index (χ3n) is 16.1. The number of benzene rings is 13. The van der Waals surface area contributed by atoms with Crippen molar-refractivity contribution >= 4 is 86.2 Å². The second-order valence-electron chi connectivity index (χ2n) is 50.6. The van der Waals surface area contributed by atoms with E-state index < -0.39 is 0 Å². The van der Waals surface area contributed by atoms with Gasteiger partial charge in [0.2, 0.25) is 0 Å². The van der Waals surface area contributed by atoms with Gasteiger partial charge < -0.3 is 0 Å². The second-order valence-corrected chi connectivity index (χ2v) is 50.6. The van der Waals surface area contributed by atoms with E-state index in [9.17, 15) is 0 Å². The molecule has 0 spiro atoms. The summed E-state index contributed by atoms with van der Waals surface area (Å²) in [4.78, 5) is 0. The molecule has 0 amide bonds. The normalized spacial score (nSPS) is 13.9. The van der Waals surface area contributed by atoms with Gasteiger partial charge in [-0.05, 0) is 215 Å². The molecule has 13 aromatic carbocycles. The molecule has 0 aromatic heterocycles. The zero-order valence-electron chi connectivity index (χ0n) is 87.8. The van der Waals surface area contributed by atoms with Gasteiger partial charge in [0.1, 0.15) is 0 Å². The van der Waals surface area contributed by atoms with E-state index in [1.807, 2.05) is 0 Å². The van der Waals surface area contributed by atoms with Crippen molar-refractivity contribution in [2.24, 2.45) is 60.1 Å². The van der Waals surface area contributed by atoms with Crippen molar-refractivity contribution in [2.45, 2.75) is 290 Å². The SMILES string of the molecule is C1=CC2=CC=C3CC=CC4=C3C2C(=C1)C=C4.CC(C)(C)C.CC(C)(C)C.CC(C)(C)C.CC(C)(C)C.CC(C)(C)C.CC(C)(C)C.CC(C)(C)C.CC(C)(C)C.CC(C)(C)C.CC(C)(C)C.c1cc2cccc3c4cccc5cccc(c(c1)c23)c54.c1ccc2c(c1)Cc1ccccc1-2.c1ccc2c(c1)ccc1ccccc12.c1ccc2cc3ccccc3cc2c1. The number of allylic oxidation sites excluding steroid dienone is 14. The lowest BCUT2D eigenvalue weighted by Crippen LogP contribution is -2.20. The summed E-state index contributed by atoms with van der Waals surface area (Å²) in [6.07, 6.45) is 22.4. The van der Waals surface area contributed by atoms with Crippen molar-refractivity contribution in [1.82, 2.24) is 0 Å². The minimum atomic E-state index is 0.500. The molecule has 0 bridgehead atoms. The van der Waals surface area contributed by atoms with E-state index in [4.69, 9.17) is 0 Å². The van der Waals surface area contributed by atoms with Crippen LogP contribution >= 0.6 is 0 Å². The zero-order chi connectivity index (χ0) is 96.1. The molecule has 0 saturated carbocycles. The van der Waals surface area contributed by atoms with E-state index in [2.05, 4.69) is 574 Å². The van der Waals surface area contributed by atoms with Gasteiger partial charge in [0, 0.05) is 5.92 Å². The molecule has 18 rings (SSSR count). The molecule has 0 N–H and O–H groups in total. The Bertz CT molecular complexity index is 5110. The van der Waals surface area contributed by atoms with Crippen molar-refractivity contribution in [3.05, 3.63) is 336 Å². The summed E-state index contributed by atoms with van der Waals surface area (Å²) in [6.45, 7) is 87.5. The fourth-order valence-corrected chi connectivity index (χ4v) is 12.5. The van der Waals surface area contributed by atoms with Crippen LogP contribution in [0.25, 0.3) is 97.3 Å². The maximum atomic E-state index is 2.29. The molecule has 127 heavy (non-hydrogen) atoms. The topological polar surface area (TPSA) is 0 Å². The number of rotatable bonds is 0. The van der Waals surface area contributed by atoms with Gasteiger partial charge in [0.05, 0.1) is 0 Å². The van der Waals surface area contributed by atoms with Gasteiger partial charge in [-0.25, -0.2) is 0 Å². The molecule has 13 aromatic rings. The lowest BCUT2D eigenvalue weighted by Gasteiger charge is -2.34. The summed E-state index contributed by atoms with van der Waals surface area (Å²) in [5, 5.41) is 21.4. The average molecular weight is 1700 g/mol. The summed E-state index contributed by atoms with van der Waals surface area (Å²) in [6, 6.07) is 86.5. The van der Waals surface area contributed by atoms with Crippen LogP contribution in [0.3, 0.4) is 0 Å². The van der Waals surface area contributed by atoms with Gasteiger partial charge in [-0.15, -0.1) is 0 Å². The summed E-state index contributed by atoms with van der Waals surface area (Å²) >= 11 is 0. The number of hydrogen-bond acceptors (Lipinski definition) is 0. The summed E-state index contributed by atoms with van der Waals surface area (Å²) in [5.74, 6) is 0.509. The molecule has 5 aliphatic carbocycles. The fourth-order valence-electron chi connectivity index (χ4n) is 12.5. The Kier molecular flexibility index (Phi) is 41.6. The van der Waals surface area contributed by atoms with Crippen molar-refractivity contribution < 1.29 is 0 Å². The minimum absolute atomic E-state index is 0.500. The third-order valence-corrected chi connectivity index (χ3v) is 16.1. The van der Waals surface area contributed by atoms with Gasteiger partial charge in [0.25, 0.3) is 0 Å². The summed E-state index contributed by atoms with van der Waals surface area (Å²) in [5.41, 5.74) is 18.1. The summed E-state index contributed by atoms with van der Waals surface area (Å²) in [7, 11) is 0. The molecule has 1 unspecified atom stereocenters. The molecule has 5 aliphatic rings. The molecule has 1 atom stereocenters. The van der Waals surface area contributed by atoms with E-state index in [-0.39, 0.29) is 0 Å². The van der Waals surface area contributed by atoms with Gasteiger partial charge in [-0.3, -0.25) is 0 Å². The largest absolute Gasteiger partial charge is 0.0795 e. The molecule has 0 heterocycles. The highest BCUT2D eigenvalue weighted by Crippen LogP contribution is 2.47. The Morgan fingerprint density at radius 2 is 0.465 bits per heavy atom. The van der Waals surface area contributed by atoms with Gasteiger partial charge >= 0.3 is 0 Å². The molecule has 0 saturated heterocycles. The van der Waals surface area contributed by atoms with Crippen LogP contribution in [0.15, 0.2) is 325 Å². The minimum Gasteiger partial charge on any atom is -0.0795 e. The Labute approximate surface area is 778 Å². The third kappa shape index (κ3) is 47.3. The van der Waals surface area contributed by atoms with E-state index in [0.717, 1.165) is 12.8 Å². The predicted molar refractivity (Wildman–Crippen MR) is 583 cm³/mol. The summed E-state index contributed by atoms with van der Waals surface area (Å²) < 4.78 is 0. The molecule has 0 nitrogen and oxygen atoms in total. The molecule has 0 aliphatic heterocycles. The first kappa shape index (κ1) is 110. The molecule has 0 fully saturated rings. The van der Waals surface area contributed by atoms with Gasteiger partial charge in [0.15, 0.2) is 0 Å².